The Morgan fingerprint density at radius 1 is 1.05 bits per heavy atom. The van der Waals surface area contributed by atoms with Crippen molar-refractivity contribution in [1.29, 1.82) is 0 Å². The van der Waals surface area contributed by atoms with E-state index in [0.29, 0.717) is 10.5 Å². The molecule has 0 unspecified atom stereocenters. The first-order valence-corrected chi connectivity index (χ1v) is 6.61. The Morgan fingerprint density at radius 2 is 1.76 bits per heavy atom. The molecule has 0 aliphatic carbocycles. The molecule has 112 valence electrons. The van der Waals surface area contributed by atoms with Crippen LogP contribution < -0.4 is 5.32 Å². The maximum atomic E-state index is 13.6. The van der Waals surface area contributed by atoms with Gasteiger partial charge in [0, 0.05) is 11.0 Å². The van der Waals surface area contributed by atoms with E-state index >= 15 is 0 Å². The molecule has 0 saturated carbocycles. The molecular formula is C14H9BrF5N. The molecule has 7 heteroatoms. The van der Waals surface area contributed by atoms with Crippen LogP contribution in [0, 0.1) is 11.6 Å². The molecule has 2 rings (SSSR count). The first kappa shape index (κ1) is 15.8. The maximum Gasteiger partial charge on any atom is 0.416 e. The van der Waals surface area contributed by atoms with Gasteiger partial charge in [-0.25, -0.2) is 8.78 Å². The number of halogens is 6. The summed E-state index contributed by atoms with van der Waals surface area (Å²) in [4.78, 5) is 0. The van der Waals surface area contributed by atoms with Crippen molar-refractivity contribution in [2.45, 2.75) is 12.7 Å². The highest BCUT2D eigenvalue weighted by molar-refractivity contribution is 9.10. The van der Waals surface area contributed by atoms with Crippen LogP contribution in [0.1, 0.15) is 11.1 Å². The van der Waals surface area contributed by atoms with Gasteiger partial charge in [0.15, 0.2) is 0 Å². The van der Waals surface area contributed by atoms with Gasteiger partial charge in [-0.3, -0.25) is 0 Å². The lowest BCUT2D eigenvalue weighted by Crippen LogP contribution is -2.08. The predicted molar refractivity (Wildman–Crippen MR) is 72.8 cm³/mol. The molecule has 21 heavy (non-hydrogen) atoms. The predicted octanol–water partition coefficient (Wildman–Crippen LogP) is 5.36. The van der Waals surface area contributed by atoms with E-state index in [4.69, 9.17) is 0 Å². The van der Waals surface area contributed by atoms with Crippen LogP contribution in [0.4, 0.5) is 27.6 Å². The van der Waals surface area contributed by atoms with Crippen molar-refractivity contribution < 1.29 is 22.0 Å². The number of nitrogens with one attached hydrogen (secondary N) is 1. The molecule has 0 fully saturated rings. The molecule has 0 amide bonds. The van der Waals surface area contributed by atoms with Crippen LogP contribution >= 0.6 is 15.9 Å². The summed E-state index contributed by atoms with van der Waals surface area (Å²) in [6.45, 7) is -0.139. The van der Waals surface area contributed by atoms with E-state index < -0.39 is 23.4 Å². The zero-order valence-electron chi connectivity index (χ0n) is 10.4. The summed E-state index contributed by atoms with van der Waals surface area (Å²) in [6.07, 6.45) is -4.63. The van der Waals surface area contributed by atoms with Crippen LogP contribution in [0.15, 0.2) is 40.9 Å². The van der Waals surface area contributed by atoms with Gasteiger partial charge in [-0.2, -0.15) is 13.2 Å². The van der Waals surface area contributed by atoms with Gasteiger partial charge in [0.2, 0.25) is 0 Å². The van der Waals surface area contributed by atoms with Crippen LogP contribution in [0.5, 0.6) is 0 Å². The van der Waals surface area contributed by atoms with Gasteiger partial charge in [-0.05, 0) is 51.8 Å². The molecule has 0 spiro atoms. The second-order valence-corrected chi connectivity index (χ2v) is 5.15. The molecule has 0 saturated heterocycles. The number of alkyl halides is 3. The van der Waals surface area contributed by atoms with E-state index in [1.807, 2.05) is 0 Å². The monoisotopic (exact) mass is 365 g/mol. The van der Waals surface area contributed by atoms with Crippen molar-refractivity contribution in [3.8, 4) is 0 Å². The number of benzene rings is 2. The minimum Gasteiger partial charge on any atom is -0.378 e. The highest BCUT2D eigenvalue weighted by atomic mass is 79.9. The Kier molecular flexibility index (Phi) is 4.51. The number of rotatable bonds is 3. The Labute approximate surface area is 125 Å². The van der Waals surface area contributed by atoms with Gasteiger partial charge >= 0.3 is 6.18 Å². The smallest absolute Gasteiger partial charge is 0.378 e. The molecule has 0 radical (unpaired) electrons. The zero-order chi connectivity index (χ0) is 15.6. The lowest BCUT2D eigenvalue weighted by Gasteiger charge is -2.12. The van der Waals surface area contributed by atoms with Crippen molar-refractivity contribution in [3.63, 3.8) is 0 Å². The van der Waals surface area contributed by atoms with Gasteiger partial charge in [0.25, 0.3) is 0 Å². The molecule has 1 nitrogen and oxygen atoms in total. The van der Waals surface area contributed by atoms with Crippen molar-refractivity contribution in [2.24, 2.45) is 0 Å². The van der Waals surface area contributed by atoms with E-state index in [1.165, 1.54) is 12.1 Å². The van der Waals surface area contributed by atoms with E-state index in [2.05, 4.69) is 21.2 Å². The van der Waals surface area contributed by atoms with Gasteiger partial charge in [-0.15, -0.1) is 0 Å². The molecule has 0 aliphatic rings. The SMILES string of the molecule is Fc1cc(CNc2c(F)cccc2Br)cc(C(F)(F)F)c1. The lowest BCUT2D eigenvalue weighted by atomic mass is 10.1. The number of anilines is 1. The number of hydrogen-bond donors (Lipinski definition) is 1. The molecular weight excluding hydrogens is 357 g/mol. The van der Waals surface area contributed by atoms with Crippen molar-refractivity contribution in [1.82, 2.24) is 0 Å². The van der Waals surface area contributed by atoms with E-state index in [1.54, 1.807) is 6.07 Å². The normalized spacial score (nSPS) is 11.5. The molecule has 0 bridgehead atoms. The second-order valence-electron chi connectivity index (χ2n) is 4.30. The zero-order valence-corrected chi connectivity index (χ0v) is 12.0. The Balaban J connectivity index is 2.23. The minimum atomic E-state index is -4.63. The number of para-hydroxylation sites is 1. The molecule has 0 heterocycles. The quantitative estimate of drug-likeness (QED) is 0.722. The summed E-state index contributed by atoms with van der Waals surface area (Å²) in [7, 11) is 0. The standard InChI is InChI=1S/C14H9BrF5N/c15-11-2-1-3-12(17)13(11)21-7-8-4-9(14(18,19)20)6-10(16)5-8/h1-6,21H,7H2. The second kappa shape index (κ2) is 6.01. The highest BCUT2D eigenvalue weighted by Gasteiger charge is 2.31. The largest absolute Gasteiger partial charge is 0.416 e. The fourth-order valence-corrected chi connectivity index (χ4v) is 2.26. The highest BCUT2D eigenvalue weighted by Crippen LogP contribution is 2.31. The van der Waals surface area contributed by atoms with Crippen LogP contribution in [-0.2, 0) is 12.7 Å². The van der Waals surface area contributed by atoms with Gasteiger partial charge in [0.1, 0.15) is 11.6 Å². The minimum absolute atomic E-state index is 0.0671. The summed E-state index contributed by atoms with van der Waals surface area (Å²) >= 11 is 3.12. The Hall–Kier alpha value is -1.63. The van der Waals surface area contributed by atoms with Crippen LogP contribution in [0.25, 0.3) is 0 Å². The van der Waals surface area contributed by atoms with Gasteiger partial charge in [0.05, 0.1) is 11.3 Å². The molecule has 1 N–H and O–H groups in total. The summed E-state index contributed by atoms with van der Waals surface area (Å²) in [5, 5.41) is 2.65. The van der Waals surface area contributed by atoms with Crippen molar-refractivity contribution >= 4 is 21.6 Å². The third-order valence-electron chi connectivity index (χ3n) is 2.72. The molecule has 0 atom stereocenters. The topological polar surface area (TPSA) is 12.0 Å². The van der Waals surface area contributed by atoms with E-state index in [9.17, 15) is 22.0 Å². The average molecular weight is 366 g/mol. The van der Waals surface area contributed by atoms with Crippen LogP contribution in [-0.4, -0.2) is 0 Å². The maximum absolute atomic E-state index is 13.6. The fourth-order valence-electron chi connectivity index (χ4n) is 1.77. The average Bonchev–Trinajstić information content (AvgIpc) is 2.36. The summed E-state index contributed by atoms with van der Waals surface area (Å²) in [5.74, 6) is -1.55. The lowest BCUT2D eigenvalue weighted by molar-refractivity contribution is -0.137. The first-order valence-electron chi connectivity index (χ1n) is 5.82. The Morgan fingerprint density at radius 3 is 2.38 bits per heavy atom. The number of hydrogen-bond acceptors (Lipinski definition) is 1. The first-order chi connectivity index (χ1) is 9.77. The van der Waals surface area contributed by atoms with Crippen LogP contribution in [0.2, 0.25) is 0 Å². The fraction of sp³-hybridized carbons (Fsp3) is 0.143. The van der Waals surface area contributed by atoms with E-state index in [0.717, 1.165) is 12.1 Å². The van der Waals surface area contributed by atoms with Crippen LogP contribution in [0.3, 0.4) is 0 Å². The third-order valence-corrected chi connectivity index (χ3v) is 3.38. The Bertz CT molecular complexity index is 634. The van der Waals surface area contributed by atoms with Crippen molar-refractivity contribution in [2.75, 3.05) is 5.32 Å². The summed E-state index contributed by atoms with van der Waals surface area (Å²) < 4.78 is 65.0. The van der Waals surface area contributed by atoms with Crippen molar-refractivity contribution in [3.05, 3.63) is 63.6 Å². The molecule has 2 aromatic carbocycles. The summed E-state index contributed by atoms with van der Waals surface area (Å²) in [6, 6.07) is 6.48. The van der Waals surface area contributed by atoms with Gasteiger partial charge < -0.3 is 5.32 Å². The molecule has 2 aromatic rings. The van der Waals surface area contributed by atoms with E-state index in [-0.39, 0.29) is 17.8 Å². The van der Waals surface area contributed by atoms with Gasteiger partial charge in [-0.1, -0.05) is 6.07 Å². The third kappa shape index (κ3) is 3.93. The molecule has 0 aliphatic heterocycles. The summed E-state index contributed by atoms with van der Waals surface area (Å²) in [5.41, 5.74) is -0.903. The molecule has 0 aromatic heterocycles.